The van der Waals surface area contributed by atoms with Crippen molar-refractivity contribution in [3.8, 4) is 17.2 Å². The van der Waals surface area contributed by atoms with Crippen LogP contribution in [0.2, 0.25) is 0 Å². The Hall–Kier alpha value is -1.56. The van der Waals surface area contributed by atoms with Crippen LogP contribution in [0.3, 0.4) is 0 Å². The van der Waals surface area contributed by atoms with Crippen LogP contribution < -0.4 is 19.5 Å². The van der Waals surface area contributed by atoms with Gasteiger partial charge in [-0.3, -0.25) is 0 Å². The molecule has 0 aromatic heterocycles. The van der Waals surface area contributed by atoms with Gasteiger partial charge in [0.25, 0.3) is 0 Å². The summed E-state index contributed by atoms with van der Waals surface area (Å²) in [7, 11) is 2.80. The van der Waals surface area contributed by atoms with Gasteiger partial charge in [-0.15, -0.1) is 0 Å². The molecule has 0 bridgehead atoms. The molecule has 0 aliphatic rings. The second kappa shape index (κ2) is 7.78. The van der Waals surface area contributed by atoms with E-state index in [9.17, 15) is 8.78 Å². The van der Waals surface area contributed by atoms with E-state index >= 15 is 0 Å². The molecule has 6 heteroatoms. The number of hydrogen-bond acceptors (Lipinski definition) is 4. The molecule has 0 saturated heterocycles. The Balaban J connectivity index is 2.98. The molecular formula is C13H19F2NO3. The number of hydrogen-bond donors (Lipinski definition) is 1. The third-order valence-corrected chi connectivity index (χ3v) is 2.48. The van der Waals surface area contributed by atoms with Crippen molar-refractivity contribution in [3.05, 3.63) is 17.7 Å². The molecule has 0 amide bonds. The third-order valence-electron chi connectivity index (χ3n) is 2.48. The molecule has 4 nitrogen and oxygen atoms in total. The van der Waals surface area contributed by atoms with Crippen LogP contribution in [-0.2, 0) is 6.54 Å². The molecule has 19 heavy (non-hydrogen) atoms. The Morgan fingerprint density at radius 3 is 2.16 bits per heavy atom. The summed E-state index contributed by atoms with van der Waals surface area (Å²) in [4.78, 5) is 0. The number of ether oxygens (including phenoxy) is 3. The van der Waals surface area contributed by atoms with E-state index < -0.39 is 6.61 Å². The second-order valence-corrected chi connectivity index (χ2v) is 3.88. The van der Waals surface area contributed by atoms with Crippen molar-refractivity contribution in [2.45, 2.75) is 26.5 Å². The highest BCUT2D eigenvalue weighted by Gasteiger charge is 2.17. The molecule has 0 heterocycles. The van der Waals surface area contributed by atoms with Gasteiger partial charge in [-0.2, -0.15) is 8.78 Å². The van der Waals surface area contributed by atoms with Gasteiger partial charge in [0, 0.05) is 6.54 Å². The van der Waals surface area contributed by atoms with Gasteiger partial charge in [0.2, 0.25) is 5.75 Å². The molecule has 108 valence electrons. The van der Waals surface area contributed by atoms with Crippen molar-refractivity contribution in [2.24, 2.45) is 0 Å². The molecule has 1 aromatic carbocycles. The van der Waals surface area contributed by atoms with Gasteiger partial charge < -0.3 is 19.5 Å². The molecule has 0 radical (unpaired) electrons. The van der Waals surface area contributed by atoms with E-state index in [0.29, 0.717) is 6.54 Å². The van der Waals surface area contributed by atoms with Crippen molar-refractivity contribution in [1.29, 1.82) is 0 Å². The van der Waals surface area contributed by atoms with Gasteiger partial charge in [0.05, 0.1) is 14.2 Å². The zero-order chi connectivity index (χ0) is 14.3. The number of methoxy groups -OCH3 is 2. The van der Waals surface area contributed by atoms with E-state index in [4.69, 9.17) is 9.47 Å². The van der Waals surface area contributed by atoms with Crippen molar-refractivity contribution in [3.63, 3.8) is 0 Å². The third kappa shape index (κ3) is 4.55. The normalized spacial score (nSPS) is 10.6. The molecule has 0 aliphatic heterocycles. The highest BCUT2D eigenvalue weighted by atomic mass is 19.3. The molecule has 0 aliphatic carbocycles. The number of benzene rings is 1. The molecule has 0 spiro atoms. The van der Waals surface area contributed by atoms with Crippen molar-refractivity contribution >= 4 is 0 Å². The predicted octanol–water partition coefficient (Wildman–Crippen LogP) is 2.80. The van der Waals surface area contributed by atoms with E-state index in [2.05, 4.69) is 17.0 Å². The lowest BCUT2D eigenvalue weighted by Crippen LogP contribution is -2.14. The second-order valence-electron chi connectivity index (χ2n) is 3.88. The quantitative estimate of drug-likeness (QED) is 0.741. The van der Waals surface area contributed by atoms with Gasteiger partial charge >= 0.3 is 6.61 Å². The Morgan fingerprint density at radius 1 is 1.16 bits per heavy atom. The average molecular weight is 275 g/mol. The van der Waals surface area contributed by atoms with Crippen LogP contribution in [0, 0.1) is 0 Å². The minimum atomic E-state index is -2.92. The van der Waals surface area contributed by atoms with Gasteiger partial charge in [0.1, 0.15) is 0 Å². The van der Waals surface area contributed by atoms with E-state index in [1.165, 1.54) is 14.2 Å². The zero-order valence-corrected chi connectivity index (χ0v) is 11.3. The topological polar surface area (TPSA) is 39.7 Å². The minimum Gasteiger partial charge on any atom is -0.493 e. The molecule has 1 aromatic rings. The number of alkyl halides is 2. The number of nitrogens with one attached hydrogen (secondary N) is 1. The standard InChI is InChI=1S/C13H19F2NO3/c1-4-5-16-8-9-6-10(17-2)12(19-13(14)15)11(7-9)18-3/h6-7,13,16H,4-5,8H2,1-3H3. The van der Waals surface area contributed by atoms with Crippen LogP contribution in [0.15, 0.2) is 12.1 Å². The molecule has 0 saturated carbocycles. The highest BCUT2D eigenvalue weighted by Crippen LogP contribution is 2.39. The lowest BCUT2D eigenvalue weighted by atomic mass is 10.1. The molecular weight excluding hydrogens is 256 g/mol. The van der Waals surface area contributed by atoms with Crippen LogP contribution in [0.4, 0.5) is 8.78 Å². The van der Waals surface area contributed by atoms with E-state index in [0.717, 1.165) is 18.5 Å². The predicted molar refractivity (Wildman–Crippen MR) is 68.2 cm³/mol. The van der Waals surface area contributed by atoms with Gasteiger partial charge in [-0.1, -0.05) is 6.92 Å². The van der Waals surface area contributed by atoms with Crippen LogP contribution in [-0.4, -0.2) is 27.4 Å². The van der Waals surface area contributed by atoms with Gasteiger partial charge in [-0.05, 0) is 30.7 Å². The summed E-state index contributed by atoms with van der Waals surface area (Å²) in [5.41, 5.74) is 0.878. The molecule has 0 unspecified atom stereocenters. The zero-order valence-electron chi connectivity index (χ0n) is 11.3. The maximum atomic E-state index is 12.4. The molecule has 0 atom stereocenters. The Kier molecular flexibility index (Phi) is 6.35. The fourth-order valence-electron chi connectivity index (χ4n) is 1.65. The fraction of sp³-hybridized carbons (Fsp3) is 0.538. The lowest BCUT2D eigenvalue weighted by molar-refractivity contribution is -0.0526. The molecule has 0 fully saturated rings. The van der Waals surface area contributed by atoms with E-state index in [-0.39, 0.29) is 17.2 Å². The average Bonchev–Trinajstić information content (AvgIpc) is 2.39. The number of rotatable bonds is 8. The smallest absolute Gasteiger partial charge is 0.387 e. The largest absolute Gasteiger partial charge is 0.493 e. The molecule has 1 N–H and O–H groups in total. The first-order valence-corrected chi connectivity index (χ1v) is 6.02. The summed E-state index contributed by atoms with van der Waals surface area (Å²) in [6.45, 7) is 0.621. The first-order valence-electron chi connectivity index (χ1n) is 6.02. The lowest BCUT2D eigenvalue weighted by Gasteiger charge is -2.15. The summed E-state index contributed by atoms with van der Waals surface area (Å²) in [5.74, 6) is 0.375. The SMILES string of the molecule is CCCNCc1cc(OC)c(OC(F)F)c(OC)c1. The molecule has 1 rings (SSSR count). The highest BCUT2D eigenvalue weighted by molar-refractivity contribution is 5.53. The summed E-state index contributed by atoms with van der Waals surface area (Å²) < 4.78 is 39.3. The Morgan fingerprint density at radius 2 is 1.74 bits per heavy atom. The Bertz CT molecular complexity index is 374. The van der Waals surface area contributed by atoms with E-state index in [1.54, 1.807) is 12.1 Å². The summed E-state index contributed by atoms with van der Waals surface area (Å²) in [6.07, 6.45) is 1.01. The van der Waals surface area contributed by atoms with Crippen molar-refractivity contribution in [2.75, 3.05) is 20.8 Å². The Labute approximate surface area is 111 Å². The minimum absolute atomic E-state index is 0.0840. The van der Waals surface area contributed by atoms with Gasteiger partial charge in [0.15, 0.2) is 11.5 Å². The summed E-state index contributed by atoms with van der Waals surface area (Å²) >= 11 is 0. The van der Waals surface area contributed by atoms with E-state index in [1.807, 2.05) is 0 Å². The maximum absolute atomic E-state index is 12.4. The van der Waals surface area contributed by atoms with Crippen LogP contribution >= 0.6 is 0 Å². The summed E-state index contributed by atoms with van der Waals surface area (Å²) in [5, 5.41) is 3.21. The van der Waals surface area contributed by atoms with Crippen LogP contribution in [0.5, 0.6) is 17.2 Å². The monoisotopic (exact) mass is 275 g/mol. The first kappa shape index (κ1) is 15.5. The maximum Gasteiger partial charge on any atom is 0.387 e. The van der Waals surface area contributed by atoms with Crippen molar-refractivity contribution in [1.82, 2.24) is 5.32 Å². The van der Waals surface area contributed by atoms with Crippen LogP contribution in [0.25, 0.3) is 0 Å². The summed E-state index contributed by atoms with van der Waals surface area (Å²) in [6, 6.07) is 3.31. The first-order chi connectivity index (χ1) is 9.12. The van der Waals surface area contributed by atoms with Crippen molar-refractivity contribution < 1.29 is 23.0 Å². The van der Waals surface area contributed by atoms with Crippen LogP contribution in [0.1, 0.15) is 18.9 Å². The number of halogens is 2. The fourth-order valence-corrected chi connectivity index (χ4v) is 1.65. The van der Waals surface area contributed by atoms with Gasteiger partial charge in [-0.25, -0.2) is 0 Å².